The van der Waals surface area contributed by atoms with Crippen LogP contribution in [0.5, 0.6) is 5.88 Å². The van der Waals surface area contributed by atoms with Crippen molar-refractivity contribution in [3.63, 3.8) is 0 Å². The summed E-state index contributed by atoms with van der Waals surface area (Å²) in [7, 11) is 0. The first-order valence-corrected chi connectivity index (χ1v) is 8.36. The fraction of sp³-hybridized carbons (Fsp3) is 0.500. The summed E-state index contributed by atoms with van der Waals surface area (Å²) in [5.41, 5.74) is 0.157. The molecular formula is C18H23N3O3. The number of amides is 1. The van der Waals surface area contributed by atoms with Crippen molar-refractivity contribution in [2.24, 2.45) is 11.8 Å². The molecule has 2 aliphatic rings. The van der Waals surface area contributed by atoms with Crippen LogP contribution < -0.4 is 15.6 Å². The van der Waals surface area contributed by atoms with Gasteiger partial charge in [-0.2, -0.15) is 4.98 Å². The number of allylic oxidation sites excluding steroid dienone is 2. The van der Waals surface area contributed by atoms with Gasteiger partial charge in [0, 0.05) is 0 Å². The van der Waals surface area contributed by atoms with Gasteiger partial charge in [0.1, 0.15) is 17.4 Å². The normalized spacial score (nSPS) is 22.0. The summed E-state index contributed by atoms with van der Waals surface area (Å²) in [6, 6.07) is -0.844. The van der Waals surface area contributed by atoms with E-state index in [2.05, 4.69) is 24.1 Å². The van der Waals surface area contributed by atoms with Gasteiger partial charge in [-0.3, -0.25) is 14.2 Å². The molecule has 6 heteroatoms. The number of ether oxygens (including phenoxy) is 1. The third-order valence-corrected chi connectivity index (χ3v) is 4.29. The van der Waals surface area contributed by atoms with Crippen LogP contribution in [0.1, 0.15) is 57.6 Å². The lowest BCUT2D eigenvalue weighted by molar-refractivity contribution is -0.128. The zero-order valence-electron chi connectivity index (χ0n) is 14.4. The van der Waals surface area contributed by atoms with Gasteiger partial charge in [0.2, 0.25) is 11.8 Å². The largest absolute Gasteiger partial charge is 0.446 e. The molecule has 1 N–H and O–H groups in total. The quantitative estimate of drug-likeness (QED) is 0.925. The lowest BCUT2D eigenvalue weighted by Crippen LogP contribution is -2.50. The molecule has 128 valence electrons. The van der Waals surface area contributed by atoms with Crippen LogP contribution in [0.15, 0.2) is 23.2 Å². The molecule has 3 heterocycles. The molecule has 0 radical (unpaired) electrons. The molecule has 0 aliphatic carbocycles. The molecular weight excluding hydrogens is 306 g/mol. The van der Waals surface area contributed by atoms with Gasteiger partial charge in [-0.1, -0.05) is 33.8 Å². The molecule has 1 aromatic heterocycles. The van der Waals surface area contributed by atoms with Crippen LogP contribution in [0.2, 0.25) is 0 Å². The van der Waals surface area contributed by atoms with E-state index < -0.39 is 6.04 Å². The number of hydrogen-bond acceptors (Lipinski definition) is 4. The fourth-order valence-corrected chi connectivity index (χ4v) is 3.27. The van der Waals surface area contributed by atoms with Gasteiger partial charge in [0.25, 0.3) is 5.56 Å². The van der Waals surface area contributed by atoms with E-state index in [0.717, 1.165) is 0 Å². The second-order valence-electron chi connectivity index (χ2n) is 7.05. The number of rotatable bonds is 3. The van der Waals surface area contributed by atoms with Crippen LogP contribution in [-0.4, -0.2) is 15.5 Å². The van der Waals surface area contributed by atoms with E-state index in [1.165, 1.54) is 6.26 Å². The molecule has 6 nitrogen and oxygen atoms in total. The number of nitrogens with zero attached hydrogens (tertiary/aromatic N) is 2. The van der Waals surface area contributed by atoms with E-state index in [9.17, 15) is 9.59 Å². The van der Waals surface area contributed by atoms with E-state index in [1.54, 1.807) is 22.8 Å². The number of nitrogens with one attached hydrogen (secondary N) is 1. The Kier molecular flexibility index (Phi) is 4.30. The number of hydrogen-bond donors (Lipinski definition) is 1. The van der Waals surface area contributed by atoms with Crippen molar-refractivity contribution >= 4 is 12.0 Å². The van der Waals surface area contributed by atoms with Gasteiger partial charge in [0.15, 0.2) is 0 Å². The molecule has 0 bridgehead atoms. The third kappa shape index (κ3) is 2.77. The van der Waals surface area contributed by atoms with Gasteiger partial charge in [-0.25, -0.2) is 0 Å². The van der Waals surface area contributed by atoms with Crippen LogP contribution in [0.4, 0.5) is 0 Å². The van der Waals surface area contributed by atoms with Crippen LogP contribution in [0.25, 0.3) is 6.08 Å². The summed E-state index contributed by atoms with van der Waals surface area (Å²) >= 11 is 0. The molecule has 1 aromatic rings. The predicted molar refractivity (Wildman–Crippen MR) is 91.5 cm³/mol. The third-order valence-electron chi connectivity index (χ3n) is 4.29. The lowest BCUT2D eigenvalue weighted by atomic mass is 9.95. The number of fused-ring (bicyclic) bond motifs is 2. The Labute approximate surface area is 141 Å². The number of carbonyl (C=O) groups excluding carboxylic acids is 1. The fourth-order valence-electron chi connectivity index (χ4n) is 3.27. The SMILES string of the molecule is CC(C)C[C@H]1NC(=O)[C@H](C(C)C)n2c1nc1c(c2=O)C=CC=CO1. The van der Waals surface area contributed by atoms with Crippen molar-refractivity contribution in [1.29, 1.82) is 0 Å². The van der Waals surface area contributed by atoms with Crippen LogP contribution in [-0.2, 0) is 4.79 Å². The first kappa shape index (κ1) is 16.5. The van der Waals surface area contributed by atoms with Crippen molar-refractivity contribution in [2.45, 2.75) is 46.2 Å². The summed E-state index contributed by atoms with van der Waals surface area (Å²) in [4.78, 5) is 30.3. The maximum absolute atomic E-state index is 13.1. The minimum Gasteiger partial charge on any atom is -0.446 e. The number of aromatic nitrogens is 2. The zero-order valence-corrected chi connectivity index (χ0v) is 14.4. The molecule has 0 fully saturated rings. The highest BCUT2D eigenvalue weighted by Gasteiger charge is 2.38. The Morgan fingerprint density at radius 2 is 2.00 bits per heavy atom. The number of carbonyl (C=O) groups is 1. The smallest absolute Gasteiger partial charge is 0.265 e. The van der Waals surface area contributed by atoms with Gasteiger partial charge < -0.3 is 10.1 Å². The molecule has 0 saturated carbocycles. The standard InChI is InChI=1S/C18H23N3O3/c1-10(2)9-13-15-20-17-12(7-5-6-8-24-17)18(23)21(15)14(11(3)4)16(22)19-13/h5-8,10-11,13-14H,9H2,1-4H3,(H,19,22)/t13-,14+/m1/s1. The van der Waals surface area contributed by atoms with E-state index in [4.69, 9.17) is 4.74 Å². The maximum atomic E-state index is 13.1. The first-order valence-electron chi connectivity index (χ1n) is 8.36. The van der Waals surface area contributed by atoms with Crippen molar-refractivity contribution < 1.29 is 9.53 Å². The summed E-state index contributed by atoms with van der Waals surface area (Å²) in [6.07, 6.45) is 7.35. The maximum Gasteiger partial charge on any atom is 0.265 e. The van der Waals surface area contributed by atoms with Crippen LogP contribution in [0, 0.1) is 11.8 Å². The second-order valence-corrected chi connectivity index (χ2v) is 7.05. The van der Waals surface area contributed by atoms with Crippen LogP contribution >= 0.6 is 0 Å². The highest BCUT2D eigenvalue weighted by Crippen LogP contribution is 2.32. The summed E-state index contributed by atoms with van der Waals surface area (Å²) in [5, 5.41) is 3.03. The Morgan fingerprint density at radius 3 is 2.67 bits per heavy atom. The van der Waals surface area contributed by atoms with Crippen molar-refractivity contribution in [2.75, 3.05) is 0 Å². The van der Waals surface area contributed by atoms with Gasteiger partial charge in [-0.15, -0.1) is 0 Å². The van der Waals surface area contributed by atoms with E-state index >= 15 is 0 Å². The predicted octanol–water partition coefficient (Wildman–Crippen LogP) is 2.58. The minimum atomic E-state index is -0.557. The van der Waals surface area contributed by atoms with Crippen molar-refractivity contribution in [1.82, 2.24) is 14.9 Å². The Balaban J connectivity index is 2.24. The summed E-state index contributed by atoms with van der Waals surface area (Å²) < 4.78 is 7.05. The van der Waals surface area contributed by atoms with Gasteiger partial charge in [-0.05, 0) is 30.4 Å². The molecule has 2 aliphatic heterocycles. The Morgan fingerprint density at radius 1 is 1.25 bits per heavy atom. The molecule has 0 unspecified atom stereocenters. The highest BCUT2D eigenvalue weighted by molar-refractivity contribution is 5.82. The monoisotopic (exact) mass is 329 g/mol. The average Bonchev–Trinajstić information content (AvgIpc) is 2.73. The molecule has 2 atom stereocenters. The second kappa shape index (κ2) is 6.26. The first-order chi connectivity index (χ1) is 11.4. The molecule has 0 saturated heterocycles. The molecule has 1 amide bonds. The average molecular weight is 329 g/mol. The molecule has 24 heavy (non-hydrogen) atoms. The van der Waals surface area contributed by atoms with Gasteiger partial charge in [0.05, 0.1) is 12.3 Å². The molecule has 3 rings (SSSR count). The Bertz CT molecular complexity index is 774. The van der Waals surface area contributed by atoms with Crippen LogP contribution in [0.3, 0.4) is 0 Å². The molecule has 0 spiro atoms. The van der Waals surface area contributed by atoms with Gasteiger partial charge >= 0.3 is 0 Å². The Hall–Kier alpha value is -2.37. The van der Waals surface area contributed by atoms with Crippen molar-refractivity contribution in [3.8, 4) is 5.88 Å². The lowest BCUT2D eigenvalue weighted by Gasteiger charge is -2.35. The van der Waals surface area contributed by atoms with E-state index in [-0.39, 0.29) is 23.4 Å². The molecule has 0 aromatic carbocycles. The van der Waals surface area contributed by atoms with E-state index in [1.807, 2.05) is 13.8 Å². The topological polar surface area (TPSA) is 73.2 Å². The summed E-state index contributed by atoms with van der Waals surface area (Å²) in [6.45, 7) is 8.02. The highest BCUT2D eigenvalue weighted by atomic mass is 16.5. The van der Waals surface area contributed by atoms with Crippen molar-refractivity contribution in [3.05, 3.63) is 40.2 Å². The summed E-state index contributed by atoms with van der Waals surface area (Å²) in [5.74, 6) is 1.09. The van der Waals surface area contributed by atoms with E-state index in [0.29, 0.717) is 29.6 Å². The zero-order chi connectivity index (χ0) is 17.4. The minimum absolute atomic E-state index is 0.0184.